The average molecular weight is 439 g/mol. The third-order valence-electron chi connectivity index (χ3n) is 6.66. The standard InChI is InChI=1S/C26H31ClN2O2/c27-24-17-8-7-16-23(24)25(30)28-20-11-9-10-19(18-20)26(31)29(21-12-3-1-4-13-21)22-14-5-2-6-15-22/h7-11,16-18,21-22H,1-6,12-15H2,(H,28,30). The number of halogens is 1. The van der Waals surface area contributed by atoms with E-state index in [9.17, 15) is 9.59 Å². The highest BCUT2D eigenvalue weighted by Gasteiger charge is 2.33. The zero-order valence-corrected chi connectivity index (χ0v) is 18.7. The van der Waals surface area contributed by atoms with E-state index in [1.807, 2.05) is 18.2 Å². The summed E-state index contributed by atoms with van der Waals surface area (Å²) in [5, 5.41) is 3.31. The Hall–Kier alpha value is -2.33. The predicted molar refractivity (Wildman–Crippen MR) is 126 cm³/mol. The molecule has 31 heavy (non-hydrogen) atoms. The first-order chi connectivity index (χ1) is 15.1. The Bertz CT molecular complexity index is 899. The Labute approximate surface area is 190 Å². The molecular formula is C26H31ClN2O2. The maximum atomic E-state index is 13.7. The van der Waals surface area contributed by atoms with Crippen LogP contribution < -0.4 is 5.32 Å². The molecule has 2 aliphatic rings. The lowest BCUT2D eigenvalue weighted by Crippen LogP contribution is -2.48. The van der Waals surface area contributed by atoms with Crippen LogP contribution in [-0.2, 0) is 0 Å². The van der Waals surface area contributed by atoms with Gasteiger partial charge in [0.2, 0.25) is 0 Å². The maximum absolute atomic E-state index is 13.7. The number of anilines is 1. The smallest absolute Gasteiger partial charge is 0.257 e. The van der Waals surface area contributed by atoms with E-state index in [0.29, 0.717) is 33.9 Å². The molecule has 1 N–H and O–H groups in total. The predicted octanol–water partition coefficient (Wildman–Crippen LogP) is 6.70. The summed E-state index contributed by atoms with van der Waals surface area (Å²) in [4.78, 5) is 28.6. The normalized spacial score (nSPS) is 17.8. The van der Waals surface area contributed by atoms with Crippen molar-refractivity contribution in [2.75, 3.05) is 5.32 Å². The van der Waals surface area contributed by atoms with Gasteiger partial charge in [0.05, 0.1) is 10.6 Å². The first-order valence-electron chi connectivity index (χ1n) is 11.6. The molecule has 2 aliphatic carbocycles. The number of nitrogens with zero attached hydrogens (tertiary/aromatic N) is 1. The number of carbonyl (C=O) groups is 2. The fourth-order valence-corrected chi connectivity index (χ4v) is 5.29. The number of hydrogen-bond acceptors (Lipinski definition) is 2. The highest BCUT2D eigenvalue weighted by atomic mass is 35.5. The van der Waals surface area contributed by atoms with Crippen LogP contribution in [0.5, 0.6) is 0 Å². The van der Waals surface area contributed by atoms with Crippen LogP contribution in [0.4, 0.5) is 5.69 Å². The molecule has 0 aromatic heterocycles. The molecular weight excluding hydrogens is 408 g/mol. The van der Waals surface area contributed by atoms with E-state index in [1.165, 1.54) is 38.5 Å². The van der Waals surface area contributed by atoms with Crippen molar-refractivity contribution in [2.45, 2.75) is 76.3 Å². The largest absolute Gasteiger partial charge is 0.333 e. The van der Waals surface area contributed by atoms with E-state index in [0.717, 1.165) is 25.7 Å². The second-order valence-corrected chi connectivity index (χ2v) is 9.22. The molecule has 2 aromatic rings. The number of benzene rings is 2. The lowest BCUT2D eigenvalue weighted by Gasteiger charge is -2.42. The van der Waals surface area contributed by atoms with E-state index in [2.05, 4.69) is 10.2 Å². The third-order valence-corrected chi connectivity index (χ3v) is 6.99. The molecule has 2 fully saturated rings. The van der Waals surface area contributed by atoms with Gasteiger partial charge in [-0.15, -0.1) is 0 Å². The number of amides is 2. The summed E-state index contributed by atoms with van der Waals surface area (Å²) < 4.78 is 0. The first-order valence-corrected chi connectivity index (χ1v) is 12.0. The van der Waals surface area contributed by atoms with Gasteiger partial charge < -0.3 is 10.2 Å². The van der Waals surface area contributed by atoms with Crippen molar-refractivity contribution in [3.63, 3.8) is 0 Å². The van der Waals surface area contributed by atoms with Crippen molar-refractivity contribution in [2.24, 2.45) is 0 Å². The van der Waals surface area contributed by atoms with Crippen LogP contribution in [0.3, 0.4) is 0 Å². The summed E-state index contributed by atoms with van der Waals surface area (Å²) in [6.07, 6.45) is 11.8. The Morgan fingerprint density at radius 3 is 2.03 bits per heavy atom. The lowest BCUT2D eigenvalue weighted by molar-refractivity contribution is 0.0448. The zero-order chi connectivity index (χ0) is 21.6. The molecule has 2 saturated carbocycles. The molecule has 0 radical (unpaired) electrons. The summed E-state index contributed by atoms with van der Waals surface area (Å²) in [6.45, 7) is 0. The molecule has 4 nitrogen and oxygen atoms in total. The molecule has 4 rings (SSSR count). The second kappa shape index (κ2) is 10.3. The van der Waals surface area contributed by atoms with Crippen molar-refractivity contribution in [1.29, 1.82) is 0 Å². The Kier molecular flexibility index (Phi) is 7.29. The van der Waals surface area contributed by atoms with Crippen molar-refractivity contribution in [3.05, 3.63) is 64.7 Å². The quantitative estimate of drug-likeness (QED) is 0.564. The van der Waals surface area contributed by atoms with Gasteiger partial charge in [-0.25, -0.2) is 0 Å². The third kappa shape index (κ3) is 5.30. The topological polar surface area (TPSA) is 49.4 Å². The highest BCUT2D eigenvalue weighted by molar-refractivity contribution is 6.34. The van der Waals surface area contributed by atoms with Gasteiger partial charge in [-0.1, -0.05) is 68.3 Å². The van der Waals surface area contributed by atoms with Gasteiger partial charge in [0.1, 0.15) is 0 Å². The molecule has 0 spiro atoms. The van der Waals surface area contributed by atoms with Crippen LogP contribution in [-0.4, -0.2) is 28.8 Å². The molecule has 164 valence electrons. The first kappa shape index (κ1) is 21.9. The van der Waals surface area contributed by atoms with Gasteiger partial charge in [0.15, 0.2) is 0 Å². The van der Waals surface area contributed by atoms with E-state index < -0.39 is 0 Å². The minimum Gasteiger partial charge on any atom is -0.333 e. The van der Waals surface area contributed by atoms with E-state index in [4.69, 9.17) is 11.6 Å². The molecule has 0 saturated heterocycles. The van der Waals surface area contributed by atoms with E-state index >= 15 is 0 Å². The summed E-state index contributed by atoms with van der Waals surface area (Å²) in [5.74, 6) is -0.167. The van der Waals surface area contributed by atoms with Gasteiger partial charge in [-0.05, 0) is 56.0 Å². The maximum Gasteiger partial charge on any atom is 0.257 e. The summed E-state index contributed by atoms with van der Waals surface area (Å²) in [5.41, 5.74) is 1.68. The minimum atomic E-state index is -0.272. The molecule has 0 bridgehead atoms. The SMILES string of the molecule is O=C(Nc1cccc(C(=O)N(C2CCCCC2)C2CCCCC2)c1)c1ccccc1Cl. The molecule has 0 heterocycles. The Balaban J connectivity index is 1.54. The lowest BCUT2D eigenvalue weighted by atomic mass is 9.88. The van der Waals surface area contributed by atoms with Crippen LogP contribution in [0.2, 0.25) is 5.02 Å². The van der Waals surface area contributed by atoms with Crippen molar-refractivity contribution >= 4 is 29.1 Å². The summed E-state index contributed by atoms with van der Waals surface area (Å²) in [6, 6.07) is 15.0. The van der Waals surface area contributed by atoms with Crippen molar-refractivity contribution < 1.29 is 9.59 Å². The number of hydrogen-bond donors (Lipinski definition) is 1. The van der Waals surface area contributed by atoms with Crippen LogP contribution in [0, 0.1) is 0 Å². The number of nitrogens with one attached hydrogen (secondary N) is 1. The average Bonchev–Trinajstić information content (AvgIpc) is 2.81. The van der Waals surface area contributed by atoms with Crippen molar-refractivity contribution in [1.82, 2.24) is 4.90 Å². The molecule has 5 heteroatoms. The van der Waals surface area contributed by atoms with Crippen LogP contribution in [0.25, 0.3) is 0 Å². The Morgan fingerprint density at radius 1 is 0.806 bits per heavy atom. The summed E-state index contributed by atoms with van der Waals surface area (Å²) in [7, 11) is 0. The van der Waals surface area contributed by atoms with Crippen LogP contribution >= 0.6 is 11.6 Å². The van der Waals surface area contributed by atoms with E-state index in [1.54, 1.807) is 30.3 Å². The Morgan fingerprint density at radius 2 is 1.42 bits per heavy atom. The minimum absolute atomic E-state index is 0.104. The van der Waals surface area contributed by atoms with Gasteiger partial charge >= 0.3 is 0 Å². The second-order valence-electron chi connectivity index (χ2n) is 8.81. The monoisotopic (exact) mass is 438 g/mol. The van der Waals surface area contributed by atoms with Crippen LogP contribution in [0.1, 0.15) is 84.9 Å². The molecule has 2 amide bonds. The fourth-order valence-electron chi connectivity index (χ4n) is 5.07. The molecule has 2 aromatic carbocycles. The van der Waals surface area contributed by atoms with Crippen molar-refractivity contribution in [3.8, 4) is 0 Å². The van der Waals surface area contributed by atoms with Gasteiger partial charge in [-0.3, -0.25) is 9.59 Å². The van der Waals surface area contributed by atoms with Gasteiger partial charge in [0.25, 0.3) is 11.8 Å². The number of carbonyl (C=O) groups excluding carboxylic acids is 2. The molecule has 0 atom stereocenters. The van der Waals surface area contributed by atoms with Crippen LogP contribution in [0.15, 0.2) is 48.5 Å². The molecule has 0 unspecified atom stereocenters. The van der Waals surface area contributed by atoms with Gasteiger partial charge in [0, 0.05) is 23.3 Å². The van der Waals surface area contributed by atoms with Gasteiger partial charge in [-0.2, -0.15) is 0 Å². The number of rotatable bonds is 5. The summed E-state index contributed by atoms with van der Waals surface area (Å²) >= 11 is 6.16. The van der Waals surface area contributed by atoms with E-state index in [-0.39, 0.29) is 11.8 Å². The highest BCUT2D eigenvalue weighted by Crippen LogP contribution is 2.32. The zero-order valence-electron chi connectivity index (χ0n) is 18.0. The molecule has 0 aliphatic heterocycles. The fraction of sp³-hybridized carbons (Fsp3) is 0.462.